The molecule has 0 aliphatic rings. The topological polar surface area (TPSA) is 63.0 Å². The summed E-state index contributed by atoms with van der Waals surface area (Å²) < 4.78 is 5.54. The lowest BCUT2D eigenvalue weighted by Gasteiger charge is -2.04. The van der Waals surface area contributed by atoms with Gasteiger partial charge in [0.1, 0.15) is 0 Å². The average Bonchev–Trinajstić information content (AvgIpc) is 2.92. The van der Waals surface area contributed by atoms with Gasteiger partial charge in [-0.05, 0) is 30.5 Å². The predicted octanol–water partition coefficient (Wildman–Crippen LogP) is 3.65. The fraction of sp³-hybridized carbons (Fsp3) is 0.500. The molecular weight excluding hydrogens is 264 g/mol. The van der Waals surface area contributed by atoms with E-state index in [9.17, 15) is 0 Å². The molecule has 0 unspecified atom stereocenters. The summed E-state index contributed by atoms with van der Waals surface area (Å²) in [6.07, 6.45) is 3.57. The van der Waals surface area contributed by atoms with Crippen LogP contribution in [0.5, 0.6) is 0 Å². The van der Waals surface area contributed by atoms with E-state index in [2.05, 4.69) is 53.7 Å². The first-order valence-corrected chi connectivity index (χ1v) is 7.59. The van der Waals surface area contributed by atoms with Crippen molar-refractivity contribution in [2.75, 3.05) is 5.32 Å². The summed E-state index contributed by atoms with van der Waals surface area (Å²) in [5.41, 5.74) is 2.32. The van der Waals surface area contributed by atoms with Crippen LogP contribution in [-0.4, -0.2) is 16.2 Å². The molecule has 0 fully saturated rings. The monoisotopic (exact) mass is 288 g/mol. The summed E-state index contributed by atoms with van der Waals surface area (Å²) in [6, 6.07) is 9.18. The van der Waals surface area contributed by atoms with Crippen LogP contribution in [0.25, 0.3) is 0 Å². The van der Waals surface area contributed by atoms with Crippen molar-refractivity contribution < 1.29 is 4.42 Å². The van der Waals surface area contributed by atoms with E-state index in [-0.39, 0.29) is 0 Å². The molecular formula is C16H24N4O. The van der Waals surface area contributed by atoms with E-state index in [1.54, 1.807) is 0 Å². The Balaban J connectivity index is 1.89. The maximum Gasteiger partial charge on any atom is 0.320 e. The number of hydrogen-bond donors (Lipinski definition) is 2. The molecule has 2 N–H and O–H groups in total. The number of anilines is 2. The van der Waals surface area contributed by atoms with Crippen molar-refractivity contribution in [2.45, 2.75) is 52.6 Å². The van der Waals surface area contributed by atoms with Crippen molar-refractivity contribution in [3.63, 3.8) is 0 Å². The van der Waals surface area contributed by atoms with Crippen LogP contribution in [0.15, 0.2) is 28.7 Å². The molecule has 21 heavy (non-hydrogen) atoms. The normalized spacial score (nSPS) is 11.0. The maximum absolute atomic E-state index is 5.54. The highest BCUT2D eigenvalue weighted by Crippen LogP contribution is 2.17. The molecule has 0 spiro atoms. The highest BCUT2D eigenvalue weighted by molar-refractivity contribution is 5.52. The number of nitrogens with one attached hydrogen (secondary N) is 2. The van der Waals surface area contributed by atoms with Crippen molar-refractivity contribution in [1.82, 2.24) is 15.5 Å². The molecule has 114 valence electrons. The summed E-state index contributed by atoms with van der Waals surface area (Å²) in [6.45, 7) is 6.95. The molecule has 1 aromatic carbocycles. The molecule has 0 aliphatic carbocycles. The molecule has 0 aliphatic heterocycles. The Morgan fingerprint density at radius 3 is 2.57 bits per heavy atom. The first-order chi connectivity index (χ1) is 10.2. The number of nitrogens with zero attached hydrogens (tertiary/aromatic N) is 2. The molecule has 5 nitrogen and oxygen atoms in total. The van der Waals surface area contributed by atoms with E-state index >= 15 is 0 Å². The third-order valence-electron chi connectivity index (χ3n) is 3.15. The highest BCUT2D eigenvalue weighted by Gasteiger charge is 2.06. The van der Waals surface area contributed by atoms with Crippen LogP contribution in [0.3, 0.4) is 0 Å². The van der Waals surface area contributed by atoms with E-state index in [0.717, 1.165) is 12.1 Å². The lowest BCUT2D eigenvalue weighted by molar-refractivity contribution is 0.460. The van der Waals surface area contributed by atoms with Crippen LogP contribution in [-0.2, 0) is 13.0 Å². The minimum Gasteiger partial charge on any atom is -0.406 e. The quantitative estimate of drug-likeness (QED) is 0.776. The molecule has 0 saturated heterocycles. The van der Waals surface area contributed by atoms with Gasteiger partial charge in [0.05, 0.1) is 6.54 Å². The van der Waals surface area contributed by atoms with Crippen molar-refractivity contribution >= 4 is 11.7 Å². The third-order valence-corrected chi connectivity index (χ3v) is 3.15. The van der Waals surface area contributed by atoms with Crippen LogP contribution in [0.1, 0.15) is 45.1 Å². The molecule has 0 atom stereocenters. The second-order valence-electron chi connectivity index (χ2n) is 5.46. The molecule has 2 rings (SSSR count). The number of benzene rings is 1. The molecule has 1 aromatic heterocycles. The Kier molecular flexibility index (Phi) is 5.75. The molecule has 0 amide bonds. The molecule has 2 aromatic rings. The summed E-state index contributed by atoms with van der Waals surface area (Å²) in [7, 11) is 0. The molecule has 1 heterocycles. The van der Waals surface area contributed by atoms with Crippen molar-refractivity contribution in [1.29, 1.82) is 0 Å². The van der Waals surface area contributed by atoms with Gasteiger partial charge in [0.2, 0.25) is 5.89 Å². The second kappa shape index (κ2) is 7.78. The summed E-state index contributed by atoms with van der Waals surface area (Å²) >= 11 is 0. The van der Waals surface area contributed by atoms with Crippen LogP contribution in [0.2, 0.25) is 0 Å². The highest BCUT2D eigenvalue weighted by atomic mass is 16.4. The zero-order chi connectivity index (χ0) is 15.1. The largest absolute Gasteiger partial charge is 0.406 e. The van der Waals surface area contributed by atoms with Gasteiger partial charge in [-0.15, -0.1) is 5.10 Å². The van der Waals surface area contributed by atoms with Crippen LogP contribution < -0.4 is 10.6 Å². The van der Waals surface area contributed by atoms with Crippen LogP contribution in [0.4, 0.5) is 11.7 Å². The minimum absolute atomic E-state index is 0.393. The van der Waals surface area contributed by atoms with E-state index in [4.69, 9.17) is 4.42 Å². The summed E-state index contributed by atoms with van der Waals surface area (Å²) in [4.78, 5) is 0. The minimum atomic E-state index is 0.393. The van der Waals surface area contributed by atoms with Gasteiger partial charge in [-0.25, -0.2) is 0 Å². The van der Waals surface area contributed by atoms with Gasteiger partial charge < -0.3 is 15.1 Å². The first-order valence-electron chi connectivity index (χ1n) is 7.59. The second-order valence-corrected chi connectivity index (χ2v) is 5.46. The van der Waals surface area contributed by atoms with E-state index in [1.165, 1.54) is 18.4 Å². The van der Waals surface area contributed by atoms with Crippen molar-refractivity contribution in [3.8, 4) is 0 Å². The predicted molar refractivity (Wildman–Crippen MR) is 84.6 cm³/mol. The number of unbranched alkanes of at least 4 members (excludes halogenated alkanes) is 1. The van der Waals surface area contributed by atoms with Crippen molar-refractivity contribution in [2.24, 2.45) is 0 Å². The number of hydrogen-bond acceptors (Lipinski definition) is 5. The standard InChI is InChI=1S/C16H24N4O/c1-4-5-6-13-7-9-14(10-8-13)18-16-20-19-15(21-16)11-17-12(2)3/h7-10,12,17H,4-6,11H2,1-3H3,(H,18,20). The molecule has 0 bridgehead atoms. The van der Waals surface area contributed by atoms with E-state index in [1.807, 2.05) is 12.1 Å². The van der Waals surface area contributed by atoms with Gasteiger partial charge >= 0.3 is 6.01 Å². The Bertz CT molecular complexity index is 533. The van der Waals surface area contributed by atoms with Crippen molar-refractivity contribution in [3.05, 3.63) is 35.7 Å². The fourth-order valence-corrected chi connectivity index (χ4v) is 1.93. The van der Waals surface area contributed by atoms with E-state index in [0.29, 0.717) is 24.5 Å². The zero-order valence-electron chi connectivity index (χ0n) is 13.0. The van der Waals surface area contributed by atoms with E-state index < -0.39 is 0 Å². The fourth-order valence-electron chi connectivity index (χ4n) is 1.93. The summed E-state index contributed by atoms with van der Waals surface area (Å²) in [5, 5.41) is 14.4. The number of aromatic nitrogens is 2. The number of aryl methyl sites for hydroxylation is 1. The maximum atomic E-state index is 5.54. The van der Waals surface area contributed by atoms with Gasteiger partial charge in [0, 0.05) is 11.7 Å². The number of rotatable bonds is 8. The zero-order valence-corrected chi connectivity index (χ0v) is 13.0. The van der Waals surface area contributed by atoms with Gasteiger partial charge in [0.15, 0.2) is 0 Å². The Hall–Kier alpha value is -1.88. The Morgan fingerprint density at radius 2 is 1.90 bits per heavy atom. The van der Waals surface area contributed by atoms with Crippen LogP contribution in [0, 0.1) is 0 Å². The van der Waals surface area contributed by atoms with Gasteiger partial charge in [-0.3, -0.25) is 0 Å². The van der Waals surface area contributed by atoms with Crippen LogP contribution >= 0.6 is 0 Å². The molecule has 0 saturated carbocycles. The lowest BCUT2D eigenvalue weighted by Crippen LogP contribution is -2.21. The SMILES string of the molecule is CCCCc1ccc(Nc2nnc(CNC(C)C)o2)cc1. The smallest absolute Gasteiger partial charge is 0.320 e. The van der Waals surface area contributed by atoms with Gasteiger partial charge in [0.25, 0.3) is 0 Å². The Morgan fingerprint density at radius 1 is 1.14 bits per heavy atom. The average molecular weight is 288 g/mol. The first kappa shape index (κ1) is 15.5. The molecule has 0 radical (unpaired) electrons. The third kappa shape index (κ3) is 5.19. The molecule has 5 heteroatoms. The van der Waals surface area contributed by atoms with Gasteiger partial charge in [-0.2, -0.15) is 0 Å². The van der Waals surface area contributed by atoms with Gasteiger partial charge in [-0.1, -0.05) is 44.4 Å². The summed E-state index contributed by atoms with van der Waals surface area (Å²) in [5.74, 6) is 0.589. The Labute approximate surface area is 126 Å². The lowest BCUT2D eigenvalue weighted by atomic mass is 10.1.